The lowest BCUT2D eigenvalue weighted by atomic mass is 10.0. The molecule has 1 aromatic heterocycles. The number of carbonyl (C=O) groups is 1. The van der Waals surface area contributed by atoms with E-state index in [-0.39, 0.29) is 5.91 Å². The molecule has 5 heteroatoms. The van der Waals surface area contributed by atoms with Gasteiger partial charge in [0, 0.05) is 18.4 Å². The summed E-state index contributed by atoms with van der Waals surface area (Å²) in [5.41, 5.74) is 3.71. The number of nitrogens with one attached hydrogen (secondary N) is 2. The molecule has 0 saturated heterocycles. The lowest BCUT2D eigenvalue weighted by Gasteiger charge is -2.13. The molecule has 0 saturated carbocycles. The van der Waals surface area contributed by atoms with Gasteiger partial charge >= 0.3 is 0 Å². The molecule has 1 amide bonds. The van der Waals surface area contributed by atoms with Crippen LogP contribution in [0.5, 0.6) is 5.75 Å². The number of rotatable bonds is 8. The minimum atomic E-state index is -0.157. The fourth-order valence-corrected chi connectivity index (χ4v) is 3.07. The van der Waals surface area contributed by atoms with E-state index in [9.17, 15) is 4.79 Å². The highest BCUT2D eigenvalue weighted by Gasteiger charge is 2.11. The zero-order valence-electron chi connectivity index (χ0n) is 17.1. The van der Waals surface area contributed by atoms with Crippen LogP contribution in [0.2, 0.25) is 0 Å². The first-order valence-corrected chi connectivity index (χ1v) is 9.80. The molecule has 5 nitrogen and oxygen atoms in total. The van der Waals surface area contributed by atoms with Crippen LogP contribution in [-0.2, 0) is 6.42 Å². The van der Waals surface area contributed by atoms with Gasteiger partial charge in [-0.25, -0.2) is 4.98 Å². The Morgan fingerprint density at radius 3 is 2.45 bits per heavy atom. The molecule has 1 heterocycles. The molecule has 3 rings (SSSR count). The Labute approximate surface area is 172 Å². The number of anilines is 2. The zero-order chi connectivity index (χ0) is 20.6. The summed E-state index contributed by atoms with van der Waals surface area (Å²) in [5, 5.41) is 6.28. The topological polar surface area (TPSA) is 63.2 Å². The number of benzene rings is 2. The molecule has 2 aromatic carbocycles. The first kappa shape index (κ1) is 20.4. The summed E-state index contributed by atoms with van der Waals surface area (Å²) in [6.45, 7) is 4.98. The summed E-state index contributed by atoms with van der Waals surface area (Å²) >= 11 is 0. The lowest BCUT2D eigenvalue weighted by Crippen LogP contribution is -2.14. The van der Waals surface area contributed by atoms with E-state index in [2.05, 4.69) is 41.6 Å². The molecule has 0 aliphatic heterocycles. The summed E-state index contributed by atoms with van der Waals surface area (Å²) in [6, 6.07) is 19.5. The molecule has 3 aromatic rings. The second kappa shape index (κ2) is 9.73. The van der Waals surface area contributed by atoms with Gasteiger partial charge in [0.1, 0.15) is 11.6 Å². The van der Waals surface area contributed by atoms with Crippen molar-refractivity contribution in [3.05, 3.63) is 83.6 Å². The van der Waals surface area contributed by atoms with Gasteiger partial charge in [0.2, 0.25) is 0 Å². The summed E-state index contributed by atoms with van der Waals surface area (Å²) in [6.07, 6.45) is 2.48. The summed E-state index contributed by atoms with van der Waals surface area (Å²) in [5.74, 6) is 1.78. The number of nitrogens with zero attached hydrogens (tertiary/aromatic N) is 1. The number of methoxy groups -OCH3 is 1. The van der Waals surface area contributed by atoms with E-state index in [1.54, 1.807) is 19.4 Å². The van der Waals surface area contributed by atoms with Crippen LogP contribution in [0.4, 0.5) is 11.5 Å². The van der Waals surface area contributed by atoms with Gasteiger partial charge in [-0.3, -0.25) is 4.79 Å². The van der Waals surface area contributed by atoms with Gasteiger partial charge < -0.3 is 15.4 Å². The minimum Gasteiger partial charge on any atom is -0.497 e. The number of pyridine rings is 1. The number of aromatic nitrogens is 1. The standard InChI is InChI=1S/C24H27N3O2/c1-17(2)21-6-4-5-7-22(21)27-24(28)19-10-13-23(26-16-19)25-15-14-18-8-11-20(29-3)12-9-18/h4-13,16-17H,14-15H2,1-3H3,(H,25,26)(H,27,28). The molecule has 0 aliphatic rings. The molecule has 150 valence electrons. The molecule has 0 spiro atoms. The van der Waals surface area contributed by atoms with Crippen molar-refractivity contribution >= 4 is 17.4 Å². The van der Waals surface area contributed by atoms with Gasteiger partial charge in [0.25, 0.3) is 5.91 Å². The fraction of sp³-hybridized carbons (Fsp3) is 0.250. The van der Waals surface area contributed by atoms with Crippen molar-refractivity contribution in [2.75, 3.05) is 24.3 Å². The second-order valence-corrected chi connectivity index (χ2v) is 7.15. The van der Waals surface area contributed by atoms with Crippen LogP contribution in [0, 0.1) is 0 Å². The van der Waals surface area contributed by atoms with Gasteiger partial charge in [0.05, 0.1) is 12.7 Å². The maximum absolute atomic E-state index is 12.6. The quantitative estimate of drug-likeness (QED) is 0.561. The van der Waals surface area contributed by atoms with Crippen LogP contribution < -0.4 is 15.4 Å². The normalized spacial score (nSPS) is 10.6. The largest absolute Gasteiger partial charge is 0.497 e. The summed E-state index contributed by atoms with van der Waals surface area (Å²) in [7, 11) is 1.66. The van der Waals surface area contributed by atoms with Crippen molar-refractivity contribution in [1.82, 2.24) is 4.98 Å². The van der Waals surface area contributed by atoms with Crippen LogP contribution in [-0.4, -0.2) is 24.5 Å². The minimum absolute atomic E-state index is 0.157. The maximum atomic E-state index is 12.6. The number of ether oxygens (including phenoxy) is 1. The van der Waals surface area contributed by atoms with E-state index in [4.69, 9.17) is 4.74 Å². The van der Waals surface area contributed by atoms with Crippen molar-refractivity contribution in [3.8, 4) is 5.75 Å². The van der Waals surface area contributed by atoms with Gasteiger partial charge in [0.15, 0.2) is 0 Å². The molecule has 0 bridgehead atoms. The van der Waals surface area contributed by atoms with Gasteiger partial charge in [-0.05, 0) is 53.8 Å². The van der Waals surface area contributed by atoms with Crippen LogP contribution in [0.3, 0.4) is 0 Å². The van der Waals surface area contributed by atoms with Crippen molar-refractivity contribution in [1.29, 1.82) is 0 Å². The van der Waals surface area contributed by atoms with Crippen molar-refractivity contribution in [2.24, 2.45) is 0 Å². The summed E-state index contributed by atoms with van der Waals surface area (Å²) in [4.78, 5) is 16.9. The van der Waals surface area contributed by atoms with E-state index in [1.165, 1.54) is 5.56 Å². The number of hydrogen-bond donors (Lipinski definition) is 2. The molecule has 0 unspecified atom stereocenters. The average Bonchev–Trinajstić information content (AvgIpc) is 2.75. The number of amides is 1. The number of hydrogen-bond acceptors (Lipinski definition) is 4. The van der Waals surface area contributed by atoms with E-state index >= 15 is 0 Å². The molecule has 2 N–H and O–H groups in total. The third kappa shape index (κ3) is 5.57. The van der Waals surface area contributed by atoms with Crippen LogP contribution >= 0.6 is 0 Å². The monoisotopic (exact) mass is 389 g/mol. The number of para-hydroxylation sites is 1. The first-order valence-electron chi connectivity index (χ1n) is 9.80. The van der Waals surface area contributed by atoms with Crippen LogP contribution in [0.15, 0.2) is 66.9 Å². The van der Waals surface area contributed by atoms with Gasteiger partial charge in [-0.15, -0.1) is 0 Å². The third-order valence-corrected chi connectivity index (χ3v) is 4.74. The van der Waals surface area contributed by atoms with Crippen LogP contribution in [0.1, 0.15) is 41.3 Å². The highest BCUT2D eigenvalue weighted by Crippen LogP contribution is 2.24. The van der Waals surface area contributed by atoms with E-state index in [1.807, 2.05) is 42.5 Å². The predicted molar refractivity (Wildman–Crippen MR) is 118 cm³/mol. The molecule has 0 radical (unpaired) electrons. The maximum Gasteiger partial charge on any atom is 0.257 e. The van der Waals surface area contributed by atoms with Crippen LogP contribution in [0.25, 0.3) is 0 Å². The third-order valence-electron chi connectivity index (χ3n) is 4.74. The van der Waals surface area contributed by atoms with E-state index in [0.29, 0.717) is 11.5 Å². The average molecular weight is 389 g/mol. The molecule has 29 heavy (non-hydrogen) atoms. The number of carbonyl (C=O) groups excluding carboxylic acids is 1. The Hall–Kier alpha value is -3.34. The molecule has 0 fully saturated rings. The molecular formula is C24H27N3O2. The molecular weight excluding hydrogens is 362 g/mol. The van der Waals surface area contributed by atoms with E-state index < -0.39 is 0 Å². The molecule has 0 atom stereocenters. The predicted octanol–water partition coefficient (Wildman–Crippen LogP) is 5.12. The van der Waals surface area contributed by atoms with Gasteiger partial charge in [-0.1, -0.05) is 44.2 Å². The lowest BCUT2D eigenvalue weighted by molar-refractivity contribution is 0.102. The van der Waals surface area contributed by atoms with Crippen molar-refractivity contribution in [2.45, 2.75) is 26.2 Å². The molecule has 0 aliphatic carbocycles. The highest BCUT2D eigenvalue weighted by atomic mass is 16.5. The highest BCUT2D eigenvalue weighted by molar-refractivity contribution is 6.04. The summed E-state index contributed by atoms with van der Waals surface area (Å²) < 4.78 is 5.17. The zero-order valence-corrected chi connectivity index (χ0v) is 17.1. The van der Waals surface area contributed by atoms with Crippen molar-refractivity contribution in [3.63, 3.8) is 0 Å². The Morgan fingerprint density at radius 2 is 1.79 bits per heavy atom. The van der Waals surface area contributed by atoms with E-state index in [0.717, 1.165) is 35.8 Å². The Balaban J connectivity index is 1.54. The smallest absolute Gasteiger partial charge is 0.257 e. The van der Waals surface area contributed by atoms with Crippen molar-refractivity contribution < 1.29 is 9.53 Å². The Kier molecular flexibility index (Phi) is 6.85. The second-order valence-electron chi connectivity index (χ2n) is 7.15. The van der Waals surface area contributed by atoms with Gasteiger partial charge in [-0.2, -0.15) is 0 Å². The Morgan fingerprint density at radius 1 is 1.03 bits per heavy atom. The SMILES string of the molecule is COc1ccc(CCNc2ccc(C(=O)Nc3ccccc3C(C)C)cn2)cc1. The first-order chi connectivity index (χ1) is 14.1. The Bertz CT molecular complexity index is 935. The fourth-order valence-electron chi connectivity index (χ4n) is 3.07.